The molecule has 0 bridgehead atoms. The van der Waals surface area contributed by atoms with Crippen LogP contribution in [-0.4, -0.2) is 18.3 Å². The average molecular weight is 543 g/mol. The van der Waals surface area contributed by atoms with Gasteiger partial charge < -0.3 is 9.31 Å². The van der Waals surface area contributed by atoms with Crippen LogP contribution in [0.3, 0.4) is 0 Å². The average Bonchev–Trinajstić information content (AvgIpc) is 3.53. The molecule has 7 aromatic rings. The lowest BCUT2D eigenvalue weighted by molar-refractivity contribution is 0.00578. The van der Waals surface area contributed by atoms with E-state index in [0.717, 1.165) is 43.7 Å². The van der Waals surface area contributed by atoms with Crippen molar-refractivity contribution in [3.8, 4) is 11.1 Å². The third kappa shape index (κ3) is 3.50. The summed E-state index contributed by atoms with van der Waals surface area (Å²) in [5, 5.41) is 7.10. The zero-order chi connectivity index (χ0) is 32.4. The number of rotatable bonds is 2. The van der Waals surface area contributed by atoms with Gasteiger partial charge in [0.1, 0.15) is 0 Å². The number of benzene rings is 6. The van der Waals surface area contributed by atoms with E-state index in [1.807, 2.05) is 70.2 Å². The summed E-state index contributed by atoms with van der Waals surface area (Å²) in [5.41, 5.74) is -0.286. The first-order valence-corrected chi connectivity index (χ1v) is 14.3. The molecule has 0 aliphatic carbocycles. The molecule has 8 rings (SSSR count). The van der Waals surface area contributed by atoms with Gasteiger partial charge in [-0.15, -0.1) is 11.3 Å². The molecular weight excluding hydrogens is 507 g/mol. The molecule has 4 heteroatoms. The molecule has 0 saturated carbocycles. The minimum absolute atomic E-state index is 0.00775. The Bertz CT molecular complexity index is 2420. The molecule has 1 aliphatic heterocycles. The van der Waals surface area contributed by atoms with Crippen molar-refractivity contribution in [2.75, 3.05) is 0 Å². The normalized spacial score (nSPS) is 18.8. The molecule has 0 spiro atoms. The van der Waals surface area contributed by atoms with Gasteiger partial charge in [0.25, 0.3) is 0 Å². The van der Waals surface area contributed by atoms with E-state index in [1.54, 1.807) is 0 Å². The molecule has 1 aromatic heterocycles. The Balaban J connectivity index is 1.40. The van der Waals surface area contributed by atoms with Crippen LogP contribution in [0.1, 0.15) is 35.9 Å². The Morgan fingerprint density at radius 2 is 1.18 bits per heavy atom. The second-order valence-corrected chi connectivity index (χ2v) is 12.5. The molecule has 6 aromatic carbocycles. The van der Waals surface area contributed by atoms with Gasteiger partial charge in [-0.05, 0) is 101 Å². The van der Waals surface area contributed by atoms with E-state index < -0.39 is 18.3 Å². The van der Waals surface area contributed by atoms with E-state index >= 15 is 0 Å². The summed E-state index contributed by atoms with van der Waals surface area (Å²) in [5.74, 6) is 0. The van der Waals surface area contributed by atoms with Crippen molar-refractivity contribution in [3.05, 3.63) is 103 Å². The Morgan fingerprint density at radius 1 is 0.575 bits per heavy atom. The summed E-state index contributed by atoms with van der Waals surface area (Å²) in [6.45, 7) is 7.59. The van der Waals surface area contributed by atoms with Crippen LogP contribution in [-0.2, 0) is 9.31 Å². The first-order chi connectivity index (χ1) is 21.8. The molecule has 0 amide bonds. The zero-order valence-electron chi connectivity index (χ0n) is 28.7. The highest BCUT2D eigenvalue weighted by Crippen LogP contribution is 2.41. The lowest BCUT2D eigenvalue weighted by Gasteiger charge is -2.32. The molecule has 0 radical (unpaired) electrons. The Hall–Kier alpha value is -3.70. The largest absolute Gasteiger partial charge is 0.494 e. The van der Waals surface area contributed by atoms with Gasteiger partial charge in [-0.1, -0.05) is 78.8 Å². The van der Waals surface area contributed by atoms with Crippen LogP contribution in [0.25, 0.3) is 63.6 Å². The van der Waals surface area contributed by atoms with E-state index in [9.17, 15) is 1.37 Å². The summed E-state index contributed by atoms with van der Waals surface area (Å²) in [6.07, 6.45) is 0. The maximum Gasteiger partial charge on any atom is 0.494 e. The molecule has 0 atom stereocenters. The number of hydrogen-bond acceptors (Lipinski definition) is 3. The second-order valence-electron chi connectivity index (χ2n) is 11.5. The first-order valence-electron chi connectivity index (χ1n) is 16.5. The van der Waals surface area contributed by atoms with Crippen molar-refractivity contribution < 1.29 is 17.5 Å². The van der Waals surface area contributed by atoms with Gasteiger partial charge in [-0.25, -0.2) is 0 Å². The fraction of sp³-hybridized carbons (Fsp3) is 0.167. The smallest absolute Gasteiger partial charge is 0.399 e. The summed E-state index contributed by atoms with van der Waals surface area (Å²) in [4.78, 5) is 0. The van der Waals surface area contributed by atoms with Gasteiger partial charge in [0.15, 0.2) is 0 Å². The first kappa shape index (κ1) is 18.6. The molecule has 0 unspecified atom stereocenters. The van der Waals surface area contributed by atoms with Crippen LogP contribution in [0.5, 0.6) is 0 Å². The van der Waals surface area contributed by atoms with Crippen molar-refractivity contribution in [1.29, 1.82) is 0 Å². The molecule has 1 saturated heterocycles. The van der Waals surface area contributed by atoms with Gasteiger partial charge in [0.2, 0.25) is 0 Å². The van der Waals surface area contributed by atoms with Gasteiger partial charge in [0, 0.05) is 20.2 Å². The minimum Gasteiger partial charge on any atom is -0.399 e. The minimum atomic E-state index is -1.000. The van der Waals surface area contributed by atoms with Crippen molar-refractivity contribution in [1.82, 2.24) is 0 Å². The van der Waals surface area contributed by atoms with E-state index in [2.05, 4.69) is 24.3 Å². The van der Waals surface area contributed by atoms with Crippen LogP contribution in [0, 0.1) is 0 Å². The van der Waals surface area contributed by atoms with Gasteiger partial charge in [-0.3, -0.25) is 0 Å². The summed E-state index contributed by atoms with van der Waals surface area (Å²) < 4.78 is 67.9. The fourth-order valence-electron chi connectivity index (χ4n) is 5.69. The third-order valence-corrected chi connectivity index (χ3v) is 9.57. The van der Waals surface area contributed by atoms with E-state index in [1.165, 1.54) is 0 Å². The van der Waals surface area contributed by atoms with Gasteiger partial charge in [-0.2, -0.15) is 0 Å². The predicted molar refractivity (Wildman–Crippen MR) is 173 cm³/mol. The maximum absolute atomic E-state index is 9.43. The standard InChI is InChI=1S/C36H29BO2S/c1-35(2)36(3,4)39-37(38-35)24-15-17-30-32-20-23(14-18-33(32)40-34(30)21-24)22-13-16-29-27-11-6-5-9-25(27)26-10-7-8-12-28(26)31(29)19-22/h5-21H,1-4H3/i14D,15D,17D,18D,20D,21D. The lowest BCUT2D eigenvalue weighted by atomic mass is 9.79. The van der Waals surface area contributed by atoms with Gasteiger partial charge >= 0.3 is 7.12 Å². The van der Waals surface area contributed by atoms with Crippen molar-refractivity contribution in [2.24, 2.45) is 0 Å². The van der Waals surface area contributed by atoms with Crippen molar-refractivity contribution >= 4 is 76.4 Å². The summed E-state index contributed by atoms with van der Waals surface area (Å²) in [6, 6.07) is 21.9. The Morgan fingerprint density at radius 3 is 1.82 bits per heavy atom. The Labute approximate surface area is 246 Å². The number of hydrogen-bond donors (Lipinski definition) is 0. The number of thiophene rings is 1. The summed E-state index contributed by atoms with van der Waals surface area (Å²) >= 11 is 1.12. The van der Waals surface area contributed by atoms with Gasteiger partial charge in [0.05, 0.1) is 19.4 Å². The maximum atomic E-state index is 9.43. The van der Waals surface area contributed by atoms with Crippen molar-refractivity contribution in [2.45, 2.75) is 38.9 Å². The van der Waals surface area contributed by atoms with E-state index in [-0.39, 0.29) is 47.1 Å². The molecule has 2 heterocycles. The van der Waals surface area contributed by atoms with Crippen molar-refractivity contribution in [3.63, 3.8) is 0 Å². The quantitative estimate of drug-likeness (QED) is 0.160. The number of fused-ring (bicyclic) bond motifs is 9. The topological polar surface area (TPSA) is 18.5 Å². The molecular formula is C36H29BO2S. The highest BCUT2D eigenvalue weighted by molar-refractivity contribution is 7.25. The second kappa shape index (κ2) is 8.41. The van der Waals surface area contributed by atoms with Crippen LogP contribution in [0.4, 0.5) is 0 Å². The molecule has 1 fully saturated rings. The van der Waals surface area contributed by atoms with E-state index in [0.29, 0.717) is 25.9 Å². The molecule has 0 N–H and O–H groups in total. The predicted octanol–water partition coefficient (Wildman–Crippen LogP) is 9.48. The highest BCUT2D eigenvalue weighted by Gasteiger charge is 2.51. The van der Waals surface area contributed by atoms with Crippen LogP contribution in [0.2, 0.25) is 0 Å². The molecule has 1 aliphatic rings. The molecule has 194 valence electrons. The van der Waals surface area contributed by atoms with Crippen LogP contribution < -0.4 is 5.46 Å². The molecule has 2 nitrogen and oxygen atoms in total. The summed E-state index contributed by atoms with van der Waals surface area (Å²) in [7, 11) is -1.000. The lowest BCUT2D eigenvalue weighted by Crippen LogP contribution is -2.41. The highest BCUT2D eigenvalue weighted by atomic mass is 32.1. The monoisotopic (exact) mass is 542 g/mol. The SMILES string of the molecule is [2H]c1c(-c2ccc3c4ccccc4c4ccccc4c3c2)c([2H])c2c(sc3c([2H])c(B4OC(C)(C)C(C)(C)O4)c([2H])c([2H])c32)c1[2H]. The zero-order valence-corrected chi connectivity index (χ0v) is 23.5. The van der Waals surface area contributed by atoms with Crippen LogP contribution >= 0.6 is 11.3 Å². The van der Waals surface area contributed by atoms with E-state index in [4.69, 9.17) is 16.2 Å². The fourth-order valence-corrected chi connectivity index (χ4v) is 6.67. The molecule has 40 heavy (non-hydrogen) atoms. The third-order valence-electron chi connectivity index (χ3n) is 8.55. The Kier molecular flexibility index (Phi) is 3.91. The van der Waals surface area contributed by atoms with Crippen LogP contribution in [0.15, 0.2) is 103 Å².